The van der Waals surface area contributed by atoms with Gasteiger partial charge in [0.15, 0.2) is 0 Å². The maximum atomic E-state index is 12.0. The molecular formula is C20H14Cl2N2O3S. The van der Waals surface area contributed by atoms with Crippen molar-refractivity contribution in [1.29, 1.82) is 5.26 Å². The number of nitrogens with zero attached hydrogens (tertiary/aromatic N) is 2. The molecule has 3 aromatic rings. The van der Waals surface area contributed by atoms with Gasteiger partial charge in [-0.2, -0.15) is 5.26 Å². The molecular weight excluding hydrogens is 419 g/mol. The Labute approximate surface area is 175 Å². The Morgan fingerprint density at radius 1 is 1.36 bits per heavy atom. The van der Waals surface area contributed by atoms with Crippen molar-refractivity contribution in [1.82, 2.24) is 0 Å². The molecule has 0 aliphatic heterocycles. The largest absolute Gasteiger partial charge is 0.462 e. The van der Waals surface area contributed by atoms with E-state index in [0.29, 0.717) is 48.1 Å². The van der Waals surface area contributed by atoms with Crippen molar-refractivity contribution < 1.29 is 13.9 Å². The van der Waals surface area contributed by atoms with Gasteiger partial charge in [0.05, 0.1) is 23.4 Å². The van der Waals surface area contributed by atoms with Crippen LogP contribution in [0.4, 0.5) is 5.00 Å². The summed E-state index contributed by atoms with van der Waals surface area (Å²) < 4.78 is 10.8. The molecule has 1 aromatic carbocycles. The summed E-state index contributed by atoms with van der Waals surface area (Å²) in [7, 11) is 0. The summed E-state index contributed by atoms with van der Waals surface area (Å²) in [4.78, 5) is 16.7. The first-order chi connectivity index (χ1) is 13.4. The second-order valence-corrected chi connectivity index (χ2v) is 7.50. The molecule has 0 radical (unpaired) electrons. The van der Waals surface area contributed by atoms with E-state index >= 15 is 0 Å². The lowest BCUT2D eigenvalue weighted by Crippen LogP contribution is -2.03. The normalized spacial score (nSPS) is 11.0. The molecule has 0 N–H and O–H groups in total. The number of nitriles is 1. The number of hydrogen-bond acceptors (Lipinski definition) is 6. The van der Waals surface area contributed by atoms with Crippen molar-refractivity contribution in [2.45, 2.75) is 13.8 Å². The average Bonchev–Trinajstić information content (AvgIpc) is 3.24. The standard InChI is InChI=1S/C20H14Cl2N2O3S/c1-3-26-20(25)18-11(2)15(9-23)19(28-18)24-10-13-5-7-17(27-13)14-6-4-12(21)8-16(14)22/h4-8,10H,3H2,1-2H3/b24-10+. The number of esters is 1. The molecule has 0 spiro atoms. The molecule has 0 unspecified atom stereocenters. The maximum absolute atomic E-state index is 12.0. The van der Waals surface area contributed by atoms with Gasteiger partial charge in [0.2, 0.25) is 0 Å². The summed E-state index contributed by atoms with van der Waals surface area (Å²) in [6, 6.07) is 10.7. The monoisotopic (exact) mass is 432 g/mol. The number of carbonyl (C=O) groups is 1. The summed E-state index contributed by atoms with van der Waals surface area (Å²) in [5.74, 6) is 0.590. The quantitative estimate of drug-likeness (QED) is 0.344. The van der Waals surface area contributed by atoms with E-state index in [1.165, 1.54) is 6.21 Å². The number of thiophene rings is 1. The van der Waals surface area contributed by atoms with Gasteiger partial charge in [-0.3, -0.25) is 0 Å². The lowest BCUT2D eigenvalue weighted by molar-refractivity contribution is 0.0531. The van der Waals surface area contributed by atoms with Crippen LogP contribution in [0, 0.1) is 18.3 Å². The summed E-state index contributed by atoms with van der Waals surface area (Å²) in [6.07, 6.45) is 1.49. The number of benzene rings is 1. The minimum atomic E-state index is -0.458. The summed E-state index contributed by atoms with van der Waals surface area (Å²) in [5, 5.41) is 10.8. The number of aliphatic imine (C=N–C) groups is 1. The highest BCUT2D eigenvalue weighted by Crippen LogP contribution is 2.36. The predicted octanol–water partition coefficient (Wildman–Crippen LogP) is 6.42. The van der Waals surface area contributed by atoms with Crippen LogP contribution in [-0.4, -0.2) is 18.8 Å². The van der Waals surface area contributed by atoms with Crippen molar-refractivity contribution in [2.75, 3.05) is 6.61 Å². The van der Waals surface area contributed by atoms with Crippen LogP contribution in [0.25, 0.3) is 11.3 Å². The minimum Gasteiger partial charge on any atom is -0.462 e. The number of ether oxygens (including phenoxy) is 1. The van der Waals surface area contributed by atoms with Gasteiger partial charge in [0.1, 0.15) is 27.5 Å². The van der Waals surface area contributed by atoms with Gasteiger partial charge in [-0.1, -0.05) is 23.2 Å². The molecule has 2 heterocycles. The molecule has 5 nitrogen and oxygen atoms in total. The third-order valence-corrected chi connectivity index (χ3v) is 5.56. The van der Waals surface area contributed by atoms with Crippen molar-refractivity contribution in [3.63, 3.8) is 0 Å². The smallest absolute Gasteiger partial charge is 0.348 e. The third-order valence-electron chi connectivity index (χ3n) is 3.83. The van der Waals surface area contributed by atoms with Gasteiger partial charge in [0.25, 0.3) is 0 Å². The van der Waals surface area contributed by atoms with Gasteiger partial charge >= 0.3 is 5.97 Å². The topological polar surface area (TPSA) is 75.6 Å². The molecule has 0 aliphatic rings. The fourth-order valence-corrected chi connectivity index (χ4v) is 3.99. The van der Waals surface area contributed by atoms with E-state index in [9.17, 15) is 10.1 Å². The number of carbonyl (C=O) groups excluding carboxylic acids is 1. The lowest BCUT2D eigenvalue weighted by atomic mass is 10.2. The number of hydrogen-bond donors (Lipinski definition) is 0. The van der Waals surface area contributed by atoms with Crippen LogP contribution in [0.1, 0.15) is 33.5 Å². The minimum absolute atomic E-state index is 0.263. The highest BCUT2D eigenvalue weighted by molar-refractivity contribution is 7.18. The van der Waals surface area contributed by atoms with E-state index in [1.54, 1.807) is 44.2 Å². The molecule has 0 saturated heterocycles. The molecule has 0 aliphatic carbocycles. The fraction of sp³-hybridized carbons (Fsp3) is 0.150. The lowest BCUT2D eigenvalue weighted by Gasteiger charge is -2.00. The molecule has 0 fully saturated rings. The van der Waals surface area contributed by atoms with Gasteiger partial charge in [-0.05, 0) is 49.7 Å². The van der Waals surface area contributed by atoms with Gasteiger partial charge in [-0.15, -0.1) is 11.3 Å². The van der Waals surface area contributed by atoms with Gasteiger partial charge in [-0.25, -0.2) is 9.79 Å². The van der Waals surface area contributed by atoms with Crippen LogP contribution in [-0.2, 0) is 4.74 Å². The van der Waals surface area contributed by atoms with Crippen LogP contribution in [0.15, 0.2) is 39.7 Å². The first kappa shape index (κ1) is 20.2. The first-order valence-electron chi connectivity index (χ1n) is 8.24. The zero-order valence-corrected chi connectivity index (χ0v) is 17.3. The average molecular weight is 433 g/mol. The van der Waals surface area contributed by atoms with Crippen molar-refractivity contribution in [3.05, 3.63) is 62.1 Å². The highest BCUT2D eigenvalue weighted by atomic mass is 35.5. The SMILES string of the molecule is CCOC(=O)c1sc(/N=C/c2ccc(-c3ccc(Cl)cc3Cl)o2)c(C#N)c1C. The van der Waals surface area contributed by atoms with Gasteiger partial charge in [0, 0.05) is 10.6 Å². The van der Waals surface area contributed by atoms with Crippen LogP contribution in [0.3, 0.4) is 0 Å². The summed E-state index contributed by atoms with van der Waals surface area (Å²) in [6.45, 7) is 3.69. The van der Waals surface area contributed by atoms with Crippen molar-refractivity contribution >= 4 is 51.7 Å². The van der Waals surface area contributed by atoms with E-state index < -0.39 is 5.97 Å². The predicted molar refractivity (Wildman–Crippen MR) is 111 cm³/mol. The summed E-state index contributed by atoms with van der Waals surface area (Å²) in [5.41, 5.74) is 1.61. The Balaban J connectivity index is 1.89. The Bertz CT molecular complexity index is 1110. The first-order valence-corrected chi connectivity index (χ1v) is 9.81. The van der Waals surface area contributed by atoms with Gasteiger partial charge < -0.3 is 9.15 Å². The van der Waals surface area contributed by atoms with Crippen LogP contribution in [0.5, 0.6) is 0 Å². The molecule has 0 saturated carbocycles. The molecule has 8 heteroatoms. The molecule has 0 atom stereocenters. The highest BCUT2D eigenvalue weighted by Gasteiger charge is 2.20. The van der Waals surface area contributed by atoms with Crippen LogP contribution < -0.4 is 0 Å². The third kappa shape index (κ3) is 4.12. The van der Waals surface area contributed by atoms with E-state index in [1.807, 2.05) is 0 Å². The van der Waals surface area contributed by atoms with Crippen LogP contribution >= 0.6 is 34.5 Å². The molecule has 0 amide bonds. The van der Waals surface area contributed by atoms with Crippen LogP contribution in [0.2, 0.25) is 10.0 Å². The second kappa shape index (κ2) is 8.61. The summed E-state index contributed by atoms with van der Waals surface area (Å²) >= 11 is 13.2. The fourth-order valence-electron chi connectivity index (χ4n) is 2.49. The van der Waals surface area contributed by atoms with Crippen molar-refractivity contribution in [2.24, 2.45) is 4.99 Å². The van der Waals surface area contributed by atoms with Crippen molar-refractivity contribution in [3.8, 4) is 17.4 Å². The number of halogens is 2. The van der Waals surface area contributed by atoms with E-state index in [0.717, 1.165) is 11.3 Å². The zero-order chi connectivity index (χ0) is 20.3. The Kier molecular flexibility index (Phi) is 6.20. The molecule has 2 aromatic heterocycles. The molecule has 3 rings (SSSR count). The maximum Gasteiger partial charge on any atom is 0.348 e. The zero-order valence-electron chi connectivity index (χ0n) is 15.0. The Morgan fingerprint density at radius 3 is 2.82 bits per heavy atom. The molecule has 142 valence electrons. The molecule has 28 heavy (non-hydrogen) atoms. The molecule has 0 bridgehead atoms. The number of rotatable bonds is 5. The van der Waals surface area contributed by atoms with E-state index in [4.69, 9.17) is 32.4 Å². The Morgan fingerprint density at radius 2 is 2.14 bits per heavy atom. The van der Waals surface area contributed by atoms with E-state index in [-0.39, 0.29) is 6.61 Å². The second-order valence-electron chi connectivity index (χ2n) is 5.65. The Hall–Kier alpha value is -2.59. The number of furan rings is 1. The van der Waals surface area contributed by atoms with E-state index in [2.05, 4.69) is 11.1 Å².